The van der Waals surface area contributed by atoms with Gasteiger partial charge in [0.25, 0.3) is 5.91 Å². The third kappa shape index (κ3) is 2.39. The second kappa shape index (κ2) is 4.89. The van der Waals surface area contributed by atoms with Crippen molar-refractivity contribution in [2.45, 2.75) is 13.0 Å². The smallest absolute Gasteiger partial charge is 0.251 e. The zero-order valence-electron chi connectivity index (χ0n) is 10.3. The van der Waals surface area contributed by atoms with Crippen LogP contribution in [0.25, 0.3) is 0 Å². The number of ether oxygens (including phenoxy) is 2. The Labute approximate surface area is 114 Å². The number of nitrogens with zero attached hydrogens (tertiary/aromatic N) is 1. The van der Waals surface area contributed by atoms with Gasteiger partial charge in [-0.2, -0.15) is 0 Å². The first-order valence-electron chi connectivity index (χ1n) is 5.84. The summed E-state index contributed by atoms with van der Waals surface area (Å²) in [5.74, 6) is 1.13. The number of rotatable bonds is 3. The topological polar surface area (TPSA) is 60.5 Å². The third-order valence-electron chi connectivity index (χ3n) is 2.80. The van der Waals surface area contributed by atoms with Gasteiger partial charge in [0.2, 0.25) is 6.79 Å². The molecule has 0 spiro atoms. The Morgan fingerprint density at radius 2 is 2.26 bits per heavy atom. The zero-order valence-corrected chi connectivity index (χ0v) is 11.1. The van der Waals surface area contributed by atoms with E-state index in [0.717, 1.165) is 5.01 Å². The molecule has 0 fully saturated rings. The van der Waals surface area contributed by atoms with Crippen molar-refractivity contribution in [3.05, 3.63) is 40.3 Å². The van der Waals surface area contributed by atoms with E-state index in [1.807, 2.05) is 12.3 Å². The standard InChI is InChI=1S/C13H12N2O3S/c1-8(13-14-4-5-19-13)15-12(16)9-2-3-10-11(6-9)18-7-17-10/h2-6,8H,7H2,1H3,(H,15,16)/t8-/m0/s1. The van der Waals surface area contributed by atoms with Crippen LogP contribution in [0.1, 0.15) is 28.3 Å². The van der Waals surface area contributed by atoms with E-state index in [2.05, 4.69) is 10.3 Å². The van der Waals surface area contributed by atoms with Crippen LogP contribution < -0.4 is 14.8 Å². The van der Waals surface area contributed by atoms with E-state index in [4.69, 9.17) is 9.47 Å². The van der Waals surface area contributed by atoms with Crippen LogP contribution in [0, 0.1) is 0 Å². The minimum atomic E-state index is -0.152. The molecule has 1 aliphatic heterocycles. The van der Waals surface area contributed by atoms with Gasteiger partial charge in [0, 0.05) is 17.1 Å². The van der Waals surface area contributed by atoms with Gasteiger partial charge in [-0.1, -0.05) is 0 Å². The fraction of sp³-hybridized carbons (Fsp3) is 0.231. The molecule has 19 heavy (non-hydrogen) atoms. The number of thiazole rings is 1. The lowest BCUT2D eigenvalue weighted by Gasteiger charge is -2.11. The Hall–Kier alpha value is -2.08. The highest BCUT2D eigenvalue weighted by Crippen LogP contribution is 2.32. The van der Waals surface area contributed by atoms with Gasteiger partial charge in [0.1, 0.15) is 5.01 Å². The number of fused-ring (bicyclic) bond motifs is 1. The zero-order chi connectivity index (χ0) is 13.2. The molecule has 1 atom stereocenters. The van der Waals surface area contributed by atoms with Crippen molar-refractivity contribution in [1.82, 2.24) is 10.3 Å². The first kappa shape index (κ1) is 12.0. The lowest BCUT2D eigenvalue weighted by Crippen LogP contribution is -2.26. The number of benzene rings is 1. The highest BCUT2D eigenvalue weighted by Gasteiger charge is 2.18. The maximum atomic E-state index is 12.1. The summed E-state index contributed by atoms with van der Waals surface area (Å²) in [5.41, 5.74) is 0.549. The molecule has 0 aliphatic carbocycles. The summed E-state index contributed by atoms with van der Waals surface area (Å²) in [6.45, 7) is 2.11. The molecule has 6 heteroatoms. The van der Waals surface area contributed by atoms with Gasteiger partial charge >= 0.3 is 0 Å². The second-order valence-corrected chi connectivity index (χ2v) is 5.06. The van der Waals surface area contributed by atoms with E-state index >= 15 is 0 Å². The Kier molecular flexibility index (Phi) is 3.08. The number of amides is 1. The van der Waals surface area contributed by atoms with Gasteiger partial charge in [-0.25, -0.2) is 4.98 Å². The molecule has 5 nitrogen and oxygen atoms in total. The van der Waals surface area contributed by atoms with Gasteiger partial charge in [-0.3, -0.25) is 4.79 Å². The van der Waals surface area contributed by atoms with E-state index in [9.17, 15) is 4.79 Å². The molecule has 1 N–H and O–H groups in total. The van der Waals surface area contributed by atoms with Crippen molar-refractivity contribution in [3.63, 3.8) is 0 Å². The van der Waals surface area contributed by atoms with Crippen molar-refractivity contribution in [2.75, 3.05) is 6.79 Å². The molecule has 2 heterocycles. The molecule has 0 saturated heterocycles. The Bertz CT molecular complexity index is 598. The summed E-state index contributed by atoms with van der Waals surface area (Å²) in [6.07, 6.45) is 1.73. The van der Waals surface area contributed by atoms with Crippen LogP contribution >= 0.6 is 11.3 Å². The highest BCUT2D eigenvalue weighted by atomic mass is 32.1. The average molecular weight is 276 g/mol. The highest BCUT2D eigenvalue weighted by molar-refractivity contribution is 7.09. The molecule has 0 unspecified atom stereocenters. The average Bonchev–Trinajstić information content (AvgIpc) is 3.09. The molecule has 1 amide bonds. The number of nitrogens with one attached hydrogen (secondary N) is 1. The lowest BCUT2D eigenvalue weighted by atomic mass is 10.2. The summed E-state index contributed by atoms with van der Waals surface area (Å²) in [6, 6.07) is 5.03. The van der Waals surface area contributed by atoms with Gasteiger partial charge in [0.15, 0.2) is 11.5 Å². The van der Waals surface area contributed by atoms with Crippen molar-refractivity contribution in [2.24, 2.45) is 0 Å². The predicted molar refractivity (Wildman–Crippen MR) is 70.6 cm³/mol. The minimum absolute atomic E-state index is 0.113. The predicted octanol–water partition coefficient (Wildman–Crippen LogP) is 2.36. The van der Waals surface area contributed by atoms with Crippen LogP contribution in [-0.2, 0) is 0 Å². The number of hydrogen-bond donors (Lipinski definition) is 1. The number of hydrogen-bond acceptors (Lipinski definition) is 5. The summed E-state index contributed by atoms with van der Waals surface area (Å²) >= 11 is 1.52. The molecular weight excluding hydrogens is 264 g/mol. The van der Waals surface area contributed by atoms with Crippen molar-refractivity contribution in [1.29, 1.82) is 0 Å². The summed E-state index contributed by atoms with van der Waals surface area (Å²) < 4.78 is 10.5. The van der Waals surface area contributed by atoms with Crippen LogP contribution in [0.2, 0.25) is 0 Å². The molecule has 98 valence electrons. The Morgan fingerprint density at radius 1 is 1.42 bits per heavy atom. The fourth-order valence-electron chi connectivity index (χ4n) is 1.83. The maximum Gasteiger partial charge on any atom is 0.251 e. The normalized spacial score (nSPS) is 14.2. The summed E-state index contributed by atoms with van der Waals surface area (Å²) in [7, 11) is 0. The van der Waals surface area contributed by atoms with Crippen molar-refractivity contribution in [3.8, 4) is 11.5 Å². The SMILES string of the molecule is C[C@H](NC(=O)c1ccc2c(c1)OCO2)c1nccs1. The van der Waals surface area contributed by atoms with Crippen molar-refractivity contribution >= 4 is 17.2 Å². The Balaban J connectivity index is 1.74. The van der Waals surface area contributed by atoms with E-state index in [0.29, 0.717) is 17.1 Å². The minimum Gasteiger partial charge on any atom is -0.454 e. The summed E-state index contributed by atoms with van der Waals surface area (Å²) in [5, 5.41) is 5.67. The van der Waals surface area contributed by atoms with Gasteiger partial charge < -0.3 is 14.8 Å². The molecule has 0 saturated carbocycles. The van der Waals surface area contributed by atoms with Gasteiger partial charge in [-0.05, 0) is 25.1 Å². The monoisotopic (exact) mass is 276 g/mol. The van der Waals surface area contributed by atoms with Crippen molar-refractivity contribution < 1.29 is 14.3 Å². The van der Waals surface area contributed by atoms with E-state index in [1.54, 1.807) is 24.4 Å². The molecule has 3 rings (SSSR count). The second-order valence-electron chi connectivity index (χ2n) is 4.13. The van der Waals surface area contributed by atoms with Gasteiger partial charge in [-0.15, -0.1) is 11.3 Å². The molecule has 2 aromatic rings. The quantitative estimate of drug-likeness (QED) is 0.935. The maximum absolute atomic E-state index is 12.1. The molecule has 0 bridgehead atoms. The molecule has 1 aromatic heterocycles. The van der Waals surface area contributed by atoms with Crippen LogP contribution in [-0.4, -0.2) is 17.7 Å². The first-order chi connectivity index (χ1) is 9.24. The number of carbonyl (C=O) groups is 1. The van der Waals surface area contributed by atoms with E-state index in [1.165, 1.54) is 11.3 Å². The van der Waals surface area contributed by atoms with Crippen LogP contribution in [0.4, 0.5) is 0 Å². The van der Waals surface area contributed by atoms with Crippen LogP contribution in [0.5, 0.6) is 11.5 Å². The fourth-order valence-corrected chi connectivity index (χ4v) is 2.47. The van der Waals surface area contributed by atoms with E-state index < -0.39 is 0 Å². The molecule has 0 radical (unpaired) electrons. The third-order valence-corrected chi connectivity index (χ3v) is 3.76. The number of carbonyl (C=O) groups excluding carboxylic acids is 1. The van der Waals surface area contributed by atoms with Gasteiger partial charge in [0.05, 0.1) is 6.04 Å². The van der Waals surface area contributed by atoms with Crippen LogP contribution in [0.15, 0.2) is 29.8 Å². The largest absolute Gasteiger partial charge is 0.454 e. The molecule has 1 aromatic carbocycles. The first-order valence-corrected chi connectivity index (χ1v) is 6.72. The molecular formula is C13H12N2O3S. The molecule has 1 aliphatic rings. The number of aromatic nitrogens is 1. The summed E-state index contributed by atoms with van der Waals surface area (Å²) in [4.78, 5) is 16.3. The Morgan fingerprint density at radius 3 is 3.05 bits per heavy atom. The van der Waals surface area contributed by atoms with Crippen LogP contribution in [0.3, 0.4) is 0 Å². The van der Waals surface area contributed by atoms with E-state index in [-0.39, 0.29) is 18.7 Å². The lowest BCUT2D eigenvalue weighted by molar-refractivity contribution is 0.0939.